The summed E-state index contributed by atoms with van der Waals surface area (Å²) in [7, 11) is 0. The maximum Gasteiger partial charge on any atom is 0.219 e. The molecule has 2 rings (SSSR count). The van der Waals surface area contributed by atoms with Crippen molar-refractivity contribution in [3.8, 4) is 11.6 Å². The molecule has 0 unspecified atom stereocenters. The van der Waals surface area contributed by atoms with E-state index in [0.29, 0.717) is 28.2 Å². The van der Waals surface area contributed by atoms with Gasteiger partial charge in [-0.1, -0.05) is 42.3 Å². The molecule has 20 heavy (non-hydrogen) atoms. The van der Waals surface area contributed by atoms with Crippen LogP contribution in [0.2, 0.25) is 10.0 Å². The highest BCUT2D eigenvalue weighted by Crippen LogP contribution is 2.29. The Morgan fingerprint density at radius 2 is 2.00 bits per heavy atom. The molecule has 0 atom stereocenters. The molecule has 5 heteroatoms. The summed E-state index contributed by atoms with van der Waals surface area (Å²) >= 11 is 12.2. The number of nitrogens with one attached hydrogen (secondary N) is 1. The largest absolute Gasteiger partial charge is 0.437 e. The third-order valence-corrected chi connectivity index (χ3v) is 3.36. The van der Waals surface area contributed by atoms with E-state index in [0.717, 1.165) is 18.5 Å². The number of nitrogens with zero attached hydrogens (tertiary/aromatic N) is 1. The van der Waals surface area contributed by atoms with Crippen LogP contribution in [0.3, 0.4) is 0 Å². The van der Waals surface area contributed by atoms with Gasteiger partial charge in [0.1, 0.15) is 5.75 Å². The van der Waals surface area contributed by atoms with Gasteiger partial charge >= 0.3 is 0 Å². The fraction of sp³-hybridized carbons (Fsp3) is 0.267. The van der Waals surface area contributed by atoms with Crippen molar-refractivity contribution >= 4 is 23.2 Å². The molecular weight excluding hydrogens is 295 g/mol. The fourth-order valence-electron chi connectivity index (χ4n) is 1.69. The number of halogens is 2. The highest BCUT2D eigenvalue weighted by atomic mass is 35.5. The van der Waals surface area contributed by atoms with Crippen molar-refractivity contribution < 1.29 is 4.74 Å². The standard InChI is InChI=1S/C15H16Cl2N2O/c1-2-7-18-9-11-8-15(19-10-13(11)17)20-14-6-4-3-5-12(14)16/h3-6,8,10,18H,2,7,9H2,1H3. The van der Waals surface area contributed by atoms with Crippen LogP contribution in [0.4, 0.5) is 0 Å². The van der Waals surface area contributed by atoms with E-state index in [1.165, 1.54) is 0 Å². The lowest BCUT2D eigenvalue weighted by Crippen LogP contribution is -2.14. The van der Waals surface area contributed by atoms with Crippen molar-refractivity contribution in [1.82, 2.24) is 10.3 Å². The van der Waals surface area contributed by atoms with Crippen molar-refractivity contribution in [1.29, 1.82) is 0 Å². The molecule has 0 saturated carbocycles. The van der Waals surface area contributed by atoms with E-state index < -0.39 is 0 Å². The van der Waals surface area contributed by atoms with Crippen LogP contribution in [0, 0.1) is 0 Å². The van der Waals surface area contributed by atoms with Gasteiger partial charge < -0.3 is 10.1 Å². The zero-order chi connectivity index (χ0) is 14.4. The molecule has 0 fully saturated rings. The number of aromatic nitrogens is 1. The first-order valence-electron chi connectivity index (χ1n) is 6.48. The van der Waals surface area contributed by atoms with E-state index in [2.05, 4.69) is 17.2 Å². The Bertz CT molecular complexity index is 576. The van der Waals surface area contributed by atoms with Crippen LogP contribution in [0.15, 0.2) is 36.5 Å². The molecule has 0 radical (unpaired) electrons. The zero-order valence-corrected chi connectivity index (χ0v) is 12.7. The summed E-state index contributed by atoms with van der Waals surface area (Å²) in [5, 5.41) is 4.48. The van der Waals surface area contributed by atoms with E-state index in [9.17, 15) is 0 Å². The maximum absolute atomic E-state index is 6.13. The minimum atomic E-state index is 0.482. The Kier molecular flexibility index (Phi) is 5.65. The molecule has 1 aromatic heterocycles. The van der Waals surface area contributed by atoms with Gasteiger partial charge in [-0.2, -0.15) is 0 Å². The van der Waals surface area contributed by atoms with Crippen molar-refractivity contribution in [2.75, 3.05) is 6.54 Å². The van der Waals surface area contributed by atoms with Gasteiger partial charge in [-0.05, 0) is 30.7 Å². The third kappa shape index (κ3) is 4.10. The molecule has 1 aromatic carbocycles. The summed E-state index contributed by atoms with van der Waals surface area (Å²) in [5.74, 6) is 1.06. The number of hydrogen-bond donors (Lipinski definition) is 1. The van der Waals surface area contributed by atoms with Crippen LogP contribution in [0.5, 0.6) is 11.6 Å². The predicted molar refractivity (Wildman–Crippen MR) is 82.8 cm³/mol. The van der Waals surface area contributed by atoms with Gasteiger partial charge in [-0.15, -0.1) is 0 Å². The van der Waals surface area contributed by atoms with Crippen molar-refractivity contribution in [3.05, 3.63) is 52.1 Å². The van der Waals surface area contributed by atoms with Crippen LogP contribution in [-0.2, 0) is 6.54 Å². The highest BCUT2D eigenvalue weighted by molar-refractivity contribution is 6.32. The molecule has 1 heterocycles. The van der Waals surface area contributed by atoms with E-state index in [1.807, 2.05) is 18.2 Å². The van der Waals surface area contributed by atoms with E-state index in [1.54, 1.807) is 18.3 Å². The molecule has 0 aliphatic rings. The third-order valence-electron chi connectivity index (χ3n) is 2.70. The van der Waals surface area contributed by atoms with Gasteiger partial charge in [0.05, 0.1) is 10.0 Å². The number of ether oxygens (including phenoxy) is 1. The average molecular weight is 311 g/mol. The first-order valence-corrected chi connectivity index (χ1v) is 7.24. The Morgan fingerprint density at radius 3 is 2.75 bits per heavy atom. The summed E-state index contributed by atoms with van der Waals surface area (Å²) in [6.45, 7) is 3.75. The number of para-hydroxylation sites is 1. The van der Waals surface area contributed by atoms with Crippen molar-refractivity contribution in [3.63, 3.8) is 0 Å². The van der Waals surface area contributed by atoms with Gasteiger partial charge in [-0.3, -0.25) is 0 Å². The van der Waals surface area contributed by atoms with Gasteiger partial charge in [0.15, 0.2) is 0 Å². The lowest BCUT2D eigenvalue weighted by molar-refractivity contribution is 0.462. The highest BCUT2D eigenvalue weighted by Gasteiger charge is 2.07. The quantitative estimate of drug-likeness (QED) is 0.787. The summed E-state index contributed by atoms with van der Waals surface area (Å²) < 4.78 is 5.68. The molecule has 3 nitrogen and oxygen atoms in total. The lowest BCUT2D eigenvalue weighted by Gasteiger charge is -2.10. The molecule has 1 N–H and O–H groups in total. The summed E-state index contributed by atoms with van der Waals surface area (Å²) in [4.78, 5) is 4.16. The lowest BCUT2D eigenvalue weighted by atomic mass is 10.2. The molecule has 0 saturated heterocycles. The first-order chi connectivity index (χ1) is 9.70. The second-order valence-corrected chi connectivity index (χ2v) is 5.14. The van der Waals surface area contributed by atoms with Gasteiger partial charge in [0.25, 0.3) is 0 Å². The van der Waals surface area contributed by atoms with Crippen molar-refractivity contribution in [2.45, 2.75) is 19.9 Å². The minimum Gasteiger partial charge on any atom is -0.437 e. The SMILES string of the molecule is CCCNCc1cc(Oc2ccccc2Cl)ncc1Cl. The molecule has 2 aromatic rings. The fourth-order valence-corrected chi connectivity index (χ4v) is 2.03. The first kappa shape index (κ1) is 15.1. The molecule has 0 aliphatic carbocycles. The van der Waals surface area contributed by atoms with Crippen LogP contribution < -0.4 is 10.1 Å². The van der Waals surface area contributed by atoms with Crippen LogP contribution in [0.25, 0.3) is 0 Å². The monoisotopic (exact) mass is 310 g/mol. The van der Waals surface area contributed by atoms with Gasteiger partial charge in [0, 0.05) is 18.8 Å². The predicted octanol–water partition coefficient (Wildman–Crippen LogP) is 4.68. The average Bonchev–Trinajstić information content (AvgIpc) is 2.45. The number of hydrogen-bond acceptors (Lipinski definition) is 3. The molecule has 0 bridgehead atoms. The zero-order valence-electron chi connectivity index (χ0n) is 11.2. The normalized spacial score (nSPS) is 10.6. The molecule has 106 valence electrons. The summed E-state index contributed by atoms with van der Waals surface area (Å²) in [6.07, 6.45) is 2.67. The van der Waals surface area contributed by atoms with Crippen LogP contribution >= 0.6 is 23.2 Å². The molecule has 0 amide bonds. The van der Waals surface area contributed by atoms with E-state index in [-0.39, 0.29) is 0 Å². The van der Waals surface area contributed by atoms with Crippen molar-refractivity contribution in [2.24, 2.45) is 0 Å². The number of rotatable bonds is 6. The molecule has 0 spiro atoms. The summed E-state index contributed by atoms with van der Waals surface area (Å²) in [5.41, 5.74) is 0.956. The second-order valence-electron chi connectivity index (χ2n) is 4.32. The van der Waals surface area contributed by atoms with E-state index >= 15 is 0 Å². The van der Waals surface area contributed by atoms with Crippen LogP contribution in [-0.4, -0.2) is 11.5 Å². The summed E-state index contributed by atoms with van der Waals surface area (Å²) in [6, 6.07) is 9.11. The smallest absolute Gasteiger partial charge is 0.219 e. The van der Waals surface area contributed by atoms with Gasteiger partial charge in [-0.25, -0.2) is 4.98 Å². The number of benzene rings is 1. The Balaban J connectivity index is 2.13. The number of pyridine rings is 1. The molecule has 0 aliphatic heterocycles. The van der Waals surface area contributed by atoms with Crippen LogP contribution in [0.1, 0.15) is 18.9 Å². The van der Waals surface area contributed by atoms with E-state index in [4.69, 9.17) is 27.9 Å². The Hall–Kier alpha value is -1.29. The minimum absolute atomic E-state index is 0.482. The Labute approximate surface area is 128 Å². The maximum atomic E-state index is 6.13. The van der Waals surface area contributed by atoms with Gasteiger partial charge in [0.2, 0.25) is 5.88 Å². The molecular formula is C15H16Cl2N2O. The topological polar surface area (TPSA) is 34.1 Å². The Morgan fingerprint density at radius 1 is 1.20 bits per heavy atom. The second kappa shape index (κ2) is 7.48.